The Labute approximate surface area is 145 Å². The number of hydrogen-bond acceptors (Lipinski definition) is 2. The van der Waals surface area contributed by atoms with Crippen molar-refractivity contribution in [2.24, 2.45) is 11.8 Å². The second-order valence-corrected chi connectivity index (χ2v) is 7.60. The van der Waals surface area contributed by atoms with Gasteiger partial charge in [-0.1, -0.05) is 25.3 Å². The molecule has 1 N–H and O–H groups in total. The smallest absolute Gasteiger partial charge is 0.317 e. The molecule has 1 saturated carbocycles. The van der Waals surface area contributed by atoms with E-state index in [1.807, 2.05) is 4.90 Å². The van der Waals surface area contributed by atoms with Gasteiger partial charge in [0.1, 0.15) is 0 Å². The highest BCUT2D eigenvalue weighted by Crippen LogP contribution is 2.34. The molecule has 2 atom stereocenters. The molecule has 0 radical (unpaired) electrons. The van der Waals surface area contributed by atoms with Crippen LogP contribution in [-0.4, -0.2) is 54.0 Å². The monoisotopic (exact) mass is 333 g/mol. The zero-order valence-electron chi connectivity index (χ0n) is 14.7. The van der Waals surface area contributed by atoms with E-state index < -0.39 is 0 Å². The van der Waals surface area contributed by atoms with E-state index in [9.17, 15) is 9.59 Å². The van der Waals surface area contributed by atoms with Gasteiger partial charge in [0.05, 0.1) is 0 Å². The zero-order chi connectivity index (χ0) is 16.9. The molecule has 1 aliphatic carbocycles. The molecule has 2 heterocycles. The minimum atomic E-state index is 0.00746. The molecule has 2 saturated heterocycles. The summed E-state index contributed by atoms with van der Waals surface area (Å²) in [7, 11) is 0. The van der Waals surface area contributed by atoms with Crippen LogP contribution in [0.3, 0.4) is 0 Å². The van der Waals surface area contributed by atoms with Gasteiger partial charge in [0, 0.05) is 38.6 Å². The average molecular weight is 333 g/mol. The fourth-order valence-electron chi connectivity index (χ4n) is 4.68. The van der Waals surface area contributed by atoms with Gasteiger partial charge in [-0.15, -0.1) is 6.58 Å². The van der Waals surface area contributed by atoms with E-state index in [1.54, 1.807) is 6.08 Å². The summed E-state index contributed by atoms with van der Waals surface area (Å²) >= 11 is 0. The number of nitrogens with zero attached hydrogens (tertiary/aromatic N) is 2. The summed E-state index contributed by atoms with van der Waals surface area (Å²) < 4.78 is 0. The Bertz CT molecular complexity index is 473. The molecule has 0 bridgehead atoms. The lowest BCUT2D eigenvalue weighted by atomic mass is 9.82. The summed E-state index contributed by atoms with van der Waals surface area (Å²) in [6, 6.07) is 0.478. The largest absolute Gasteiger partial charge is 0.340 e. The van der Waals surface area contributed by atoms with Crippen LogP contribution in [0.5, 0.6) is 0 Å². The topological polar surface area (TPSA) is 52.7 Å². The lowest BCUT2D eigenvalue weighted by Gasteiger charge is -2.37. The maximum atomic E-state index is 12.7. The number of amides is 3. The van der Waals surface area contributed by atoms with Crippen molar-refractivity contribution in [3.8, 4) is 0 Å². The van der Waals surface area contributed by atoms with Gasteiger partial charge in [0.15, 0.2) is 0 Å². The third-order valence-electron chi connectivity index (χ3n) is 6.09. The zero-order valence-corrected chi connectivity index (χ0v) is 14.7. The Morgan fingerprint density at radius 2 is 1.88 bits per heavy atom. The molecule has 2 aliphatic heterocycles. The van der Waals surface area contributed by atoms with E-state index in [0.29, 0.717) is 36.8 Å². The average Bonchev–Trinajstić information content (AvgIpc) is 2.78. The van der Waals surface area contributed by atoms with E-state index in [2.05, 4.69) is 16.8 Å². The van der Waals surface area contributed by atoms with Gasteiger partial charge in [-0.05, 0) is 37.5 Å². The number of carbonyl (C=O) groups excluding carboxylic acids is 2. The fourth-order valence-corrected chi connectivity index (χ4v) is 4.68. The summed E-state index contributed by atoms with van der Waals surface area (Å²) in [5, 5.41) is 2.87. The quantitative estimate of drug-likeness (QED) is 0.808. The molecule has 0 aromatic carbocycles. The Morgan fingerprint density at radius 1 is 1.12 bits per heavy atom. The Hall–Kier alpha value is -1.52. The van der Waals surface area contributed by atoms with E-state index in [1.165, 1.54) is 32.1 Å². The van der Waals surface area contributed by atoms with Gasteiger partial charge in [0.2, 0.25) is 5.91 Å². The highest BCUT2D eigenvalue weighted by atomic mass is 16.2. The minimum Gasteiger partial charge on any atom is -0.340 e. The van der Waals surface area contributed by atoms with Crippen LogP contribution in [0.25, 0.3) is 0 Å². The van der Waals surface area contributed by atoms with Crippen LogP contribution >= 0.6 is 0 Å². The molecule has 3 amide bonds. The molecule has 2 unspecified atom stereocenters. The first-order valence-electron chi connectivity index (χ1n) is 9.62. The molecule has 5 heteroatoms. The van der Waals surface area contributed by atoms with Gasteiger partial charge < -0.3 is 15.1 Å². The number of carbonyl (C=O) groups is 2. The SMILES string of the molecule is C=CCNC(=O)N1CCC2CC(=O)N(C3CCCCC3)CCC2C1. The summed E-state index contributed by atoms with van der Waals surface area (Å²) in [4.78, 5) is 29.0. The Balaban J connectivity index is 1.59. The van der Waals surface area contributed by atoms with Gasteiger partial charge in [-0.25, -0.2) is 4.79 Å². The van der Waals surface area contributed by atoms with Gasteiger partial charge in [-0.2, -0.15) is 0 Å². The number of fused-ring (bicyclic) bond motifs is 1. The Morgan fingerprint density at radius 3 is 2.62 bits per heavy atom. The van der Waals surface area contributed by atoms with E-state index in [-0.39, 0.29) is 6.03 Å². The first-order valence-corrected chi connectivity index (χ1v) is 9.62. The van der Waals surface area contributed by atoms with Crippen LogP contribution in [-0.2, 0) is 4.79 Å². The summed E-state index contributed by atoms with van der Waals surface area (Å²) in [6.07, 6.45) is 10.6. The van der Waals surface area contributed by atoms with Crippen molar-refractivity contribution in [1.82, 2.24) is 15.1 Å². The van der Waals surface area contributed by atoms with Crippen LogP contribution in [0.2, 0.25) is 0 Å². The molecular weight excluding hydrogens is 302 g/mol. The first-order chi connectivity index (χ1) is 11.7. The van der Waals surface area contributed by atoms with Gasteiger partial charge >= 0.3 is 6.03 Å². The lowest BCUT2D eigenvalue weighted by Crippen LogP contribution is -2.48. The predicted molar refractivity (Wildman–Crippen MR) is 94.6 cm³/mol. The second kappa shape index (κ2) is 8.04. The molecular formula is C19H31N3O2. The third-order valence-corrected chi connectivity index (χ3v) is 6.09. The maximum absolute atomic E-state index is 12.7. The second-order valence-electron chi connectivity index (χ2n) is 7.60. The third kappa shape index (κ3) is 3.93. The van der Waals surface area contributed by atoms with Crippen LogP contribution in [0.15, 0.2) is 12.7 Å². The minimum absolute atomic E-state index is 0.00746. The fraction of sp³-hybridized carbons (Fsp3) is 0.789. The first kappa shape index (κ1) is 17.3. The molecule has 0 aromatic heterocycles. The van der Waals surface area contributed by atoms with Crippen LogP contribution < -0.4 is 5.32 Å². The number of likely N-dealkylation sites (tertiary alicyclic amines) is 2. The summed E-state index contributed by atoms with van der Waals surface area (Å²) in [5.74, 6) is 1.28. The van der Waals surface area contributed by atoms with Crippen molar-refractivity contribution in [3.63, 3.8) is 0 Å². The predicted octanol–water partition coefficient (Wildman–Crippen LogP) is 2.78. The number of hydrogen-bond donors (Lipinski definition) is 1. The van der Waals surface area contributed by atoms with Crippen LogP contribution in [0, 0.1) is 11.8 Å². The van der Waals surface area contributed by atoms with Crippen LogP contribution in [0.1, 0.15) is 51.4 Å². The molecule has 24 heavy (non-hydrogen) atoms. The highest BCUT2D eigenvalue weighted by Gasteiger charge is 2.38. The van der Waals surface area contributed by atoms with Crippen molar-refractivity contribution in [2.75, 3.05) is 26.2 Å². The van der Waals surface area contributed by atoms with Crippen LogP contribution in [0.4, 0.5) is 4.79 Å². The molecule has 0 spiro atoms. The lowest BCUT2D eigenvalue weighted by molar-refractivity contribution is -0.134. The number of piperidine rings is 1. The molecule has 3 aliphatic rings. The van der Waals surface area contributed by atoms with Crippen molar-refractivity contribution in [1.29, 1.82) is 0 Å². The van der Waals surface area contributed by atoms with Crippen molar-refractivity contribution in [2.45, 2.75) is 57.4 Å². The molecule has 3 fully saturated rings. The molecule has 0 aromatic rings. The normalized spacial score (nSPS) is 28.9. The standard InChI is InChI=1S/C19H31N3O2/c1-2-10-20-19(24)21-11-8-15-13-18(23)22(12-9-16(15)14-21)17-6-4-3-5-7-17/h2,15-17H,1,3-14H2,(H,20,24). The van der Waals surface area contributed by atoms with E-state index in [0.717, 1.165) is 32.5 Å². The maximum Gasteiger partial charge on any atom is 0.317 e. The van der Waals surface area contributed by atoms with Crippen molar-refractivity contribution < 1.29 is 9.59 Å². The van der Waals surface area contributed by atoms with Gasteiger partial charge in [-0.3, -0.25) is 4.79 Å². The van der Waals surface area contributed by atoms with Crippen molar-refractivity contribution in [3.05, 3.63) is 12.7 Å². The number of nitrogens with one attached hydrogen (secondary N) is 1. The van der Waals surface area contributed by atoms with E-state index in [4.69, 9.17) is 0 Å². The Kier molecular flexibility index (Phi) is 5.80. The number of rotatable bonds is 3. The highest BCUT2D eigenvalue weighted by molar-refractivity contribution is 5.77. The van der Waals surface area contributed by atoms with Gasteiger partial charge in [0.25, 0.3) is 0 Å². The molecule has 5 nitrogen and oxygen atoms in total. The molecule has 3 rings (SSSR count). The van der Waals surface area contributed by atoms with E-state index >= 15 is 0 Å². The molecule has 134 valence electrons. The summed E-state index contributed by atoms with van der Waals surface area (Å²) in [6.45, 7) is 6.59. The van der Waals surface area contributed by atoms with Crippen molar-refractivity contribution >= 4 is 11.9 Å². The number of urea groups is 1. The summed E-state index contributed by atoms with van der Waals surface area (Å²) in [5.41, 5.74) is 0.